The third-order valence-corrected chi connectivity index (χ3v) is 6.83. The maximum absolute atomic E-state index is 13.3. The van der Waals surface area contributed by atoms with Crippen LogP contribution in [0, 0.1) is 0 Å². The molecule has 9 heteroatoms. The third kappa shape index (κ3) is 5.36. The van der Waals surface area contributed by atoms with Crippen LogP contribution in [0.25, 0.3) is 0 Å². The summed E-state index contributed by atoms with van der Waals surface area (Å²) in [6.45, 7) is 3.70. The number of nitrogens with one attached hydrogen (secondary N) is 2. The predicted molar refractivity (Wildman–Crippen MR) is 140 cm³/mol. The SMILES string of the molecule is COC(=O)C1=C(C)NC(C)C(C(=O)OC)(c2ccccc2)C1Nc1nccs1.COc1ccccc1. The molecular formula is C27H31N3O5S. The molecule has 0 aliphatic carbocycles. The lowest BCUT2D eigenvalue weighted by molar-refractivity contribution is -0.149. The number of anilines is 1. The molecule has 0 spiro atoms. The van der Waals surface area contributed by atoms with E-state index in [2.05, 4.69) is 15.6 Å². The van der Waals surface area contributed by atoms with Gasteiger partial charge in [-0.15, -0.1) is 11.3 Å². The van der Waals surface area contributed by atoms with E-state index in [1.807, 2.05) is 73.0 Å². The molecule has 1 aliphatic rings. The number of allylic oxidation sites excluding steroid dienone is 1. The highest BCUT2D eigenvalue weighted by Gasteiger charge is 2.58. The second kappa shape index (κ2) is 12.2. The van der Waals surface area contributed by atoms with Crippen LogP contribution in [0.4, 0.5) is 5.13 Å². The Labute approximate surface area is 215 Å². The first kappa shape index (κ1) is 26.7. The van der Waals surface area contributed by atoms with Crippen LogP contribution in [0.5, 0.6) is 5.75 Å². The number of methoxy groups -OCH3 is 3. The van der Waals surface area contributed by atoms with E-state index in [9.17, 15) is 9.59 Å². The minimum Gasteiger partial charge on any atom is -0.497 e. The number of hydrogen-bond donors (Lipinski definition) is 2. The van der Waals surface area contributed by atoms with Crippen LogP contribution in [-0.4, -0.2) is 50.3 Å². The van der Waals surface area contributed by atoms with Gasteiger partial charge in [0.05, 0.1) is 32.9 Å². The molecule has 1 aliphatic heterocycles. The Hall–Kier alpha value is -3.85. The summed E-state index contributed by atoms with van der Waals surface area (Å²) in [5.74, 6) is -0.0654. The normalized spacial score (nSPS) is 20.8. The summed E-state index contributed by atoms with van der Waals surface area (Å²) in [7, 11) is 4.34. The molecule has 0 fully saturated rings. The molecule has 1 aromatic heterocycles. The van der Waals surface area contributed by atoms with Crippen molar-refractivity contribution in [3.05, 3.63) is 89.1 Å². The summed E-state index contributed by atoms with van der Waals surface area (Å²) in [6.07, 6.45) is 1.66. The van der Waals surface area contributed by atoms with Gasteiger partial charge in [0.25, 0.3) is 0 Å². The first-order chi connectivity index (χ1) is 17.4. The lowest BCUT2D eigenvalue weighted by atomic mass is 9.64. The van der Waals surface area contributed by atoms with Crippen LogP contribution in [0.3, 0.4) is 0 Å². The zero-order chi connectivity index (χ0) is 26.1. The number of esters is 2. The minimum absolute atomic E-state index is 0.338. The number of aromatic nitrogens is 1. The third-order valence-electron chi connectivity index (χ3n) is 6.12. The van der Waals surface area contributed by atoms with E-state index >= 15 is 0 Å². The number of thiazole rings is 1. The van der Waals surface area contributed by atoms with E-state index in [1.54, 1.807) is 20.2 Å². The highest BCUT2D eigenvalue weighted by molar-refractivity contribution is 7.13. The monoisotopic (exact) mass is 509 g/mol. The fourth-order valence-electron chi connectivity index (χ4n) is 4.46. The second-order valence-electron chi connectivity index (χ2n) is 8.05. The quantitative estimate of drug-likeness (QED) is 0.478. The Morgan fingerprint density at radius 3 is 2.14 bits per heavy atom. The van der Waals surface area contributed by atoms with Gasteiger partial charge >= 0.3 is 11.9 Å². The molecule has 36 heavy (non-hydrogen) atoms. The van der Waals surface area contributed by atoms with E-state index in [4.69, 9.17) is 14.2 Å². The molecule has 0 amide bonds. The van der Waals surface area contributed by atoms with Crippen LogP contribution in [0.2, 0.25) is 0 Å². The highest BCUT2D eigenvalue weighted by atomic mass is 32.1. The zero-order valence-corrected chi connectivity index (χ0v) is 21.8. The number of para-hydroxylation sites is 1. The lowest BCUT2D eigenvalue weighted by Crippen LogP contribution is -2.65. The summed E-state index contributed by atoms with van der Waals surface area (Å²) in [4.78, 5) is 30.3. The van der Waals surface area contributed by atoms with E-state index in [0.29, 0.717) is 16.4 Å². The molecule has 3 unspecified atom stereocenters. The molecular weight excluding hydrogens is 478 g/mol. The van der Waals surface area contributed by atoms with Gasteiger partial charge in [-0.3, -0.25) is 4.79 Å². The van der Waals surface area contributed by atoms with Gasteiger partial charge in [-0.1, -0.05) is 48.5 Å². The van der Waals surface area contributed by atoms with E-state index in [-0.39, 0.29) is 6.04 Å². The van der Waals surface area contributed by atoms with Crippen molar-refractivity contribution in [2.75, 3.05) is 26.6 Å². The molecule has 2 heterocycles. The van der Waals surface area contributed by atoms with Crippen molar-refractivity contribution in [1.29, 1.82) is 0 Å². The summed E-state index contributed by atoms with van der Waals surface area (Å²) < 4.78 is 15.2. The topological polar surface area (TPSA) is 98.8 Å². The number of hydrogen-bond acceptors (Lipinski definition) is 9. The van der Waals surface area contributed by atoms with Gasteiger partial charge in [-0.25, -0.2) is 9.78 Å². The average molecular weight is 510 g/mol. The Bertz CT molecular complexity index is 1170. The van der Waals surface area contributed by atoms with Crippen molar-refractivity contribution in [1.82, 2.24) is 10.3 Å². The van der Waals surface area contributed by atoms with Gasteiger partial charge in [0.2, 0.25) is 0 Å². The molecule has 3 aromatic rings. The molecule has 4 rings (SSSR count). The number of nitrogens with zero attached hydrogens (tertiary/aromatic N) is 1. The van der Waals surface area contributed by atoms with Crippen LogP contribution < -0.4 is 15.4 Å². The van der Waals surface area contributed by atoms with Crippen LogP contribution in [0.1, 0.15) is 19.4 Å². The van der Waals surface area contributed by atoms with Gasteiger partial charge < -0.3 is 24.8 Å². The molecule has 2 N–H and O–H groups in total. The number of ether oxygens (including phenoxy) is 3. The van der Waals surface area contributed by atoms with Gasteiger partial charge in [0, 0.05) is 23.3 Å². The molecule has 0 saturated carbocycles. The summed E-state index contributed by atoms with van der Waals surface area (Å²) >= 11 is 1.39. The van der Waals surface area contributed by atoms with E-state index in [0.717, 1.165) is 11.3 Å². The van der Waals surface area contributed by atoms with Crippen molar-refractivity contribution < 1.29 is 23.8 Å². The Balaban J connectivity index is 0.000000383. The number of carbonyl (C=O) groups excluding carboxylic acids is 2. The summed E-state index contributed by atoms with van der Waals surface area (Å²) in [6, 6.07) is 17.9. The maximum Gasteiger partial charge on any atom is 0.337 e. The standard InChI is InChI=1S/C20H23N3O4S.C7H8O/c1-12-15(17(24)26-3)16(23-19-21-10-11-28-19)20(13(2)22-12,18(25)27-4)14-8-6-5-7-9-14;1-8-7-5-3-2-4-6-7/h5-11,13,16,22H,1-4H3,(H,21,23);2-6H,1H3. The zero-order valence-electron chi connectivity index (χ0n) is 21.0. The Kier molecular flexibility index (Phi) is 9.08. The van der Waals surface area contributed by atoms with Gasteiger partial charge in [0.15, 0.2) is 5.13 Å². The Morgan fingerprint density at radius 2 is 1.64 bits per heavy atom. The molecule has 190 valence electrons. The first-order valence-electron chi connectivity index (χ1n) is 11.3. The van der Waals surface area contributed by atoms with Gasteiger partial charge in [0.1, 0.15) is 11.2 Å². The lowest BCUT2D eigenvalue weighted by Gasteiger charge is -2.47. The molecule has 0 radical (unpaired) electrons. The number of rotatable bonds is 6. The smallest absolute Gasteiger partial charge is 0.337 e. The number of carbonyl (C=O) groups is 2. The van der Waals surface area contributed by atoms with Crippen molar-refractivity contribution in [2.45, 2.75) is 31.3 Å². The molecule has 3 atom stereocenters. The van der Waals surface area contributed by atoms with Crippen LogP contribution in [-0.2, 0) is 24.5 Å². The molecule has 0 saturated heterocycles. The number of benzene rings is 2. The fraction of sp³-hybridized carbons (Fsp3) is 0.296. The van der Waals surface area contributed by atoms with Crippen LogP contribution in [0.15, 0.2) is 83.5 Å². The minimum atomic E-state index is -1.22. The largest absolute Gasteiger partial charge is 0.497 e. The van der Waals surface area contributed by atoms with Crippen molar-refractivity contribution in [2.24, 2.45) is 0 Å². The fourth-order valence-corrected chi connectivity index (χ4v) is 5.02. The highest BCUT2D eigenvalue weighted by Crippen LogP contribution is 2.42. The van der Waals surface area contributed by atoms with Crippen molar-refractivity contribution in [3.8, 4) is 5.75 Å². The van der Waals surface area contributed by atoms with E-state index in [1.165, 1.54) is 25.6 Å². The van der Waals surface area contributed by atoms with E-state index < -0.39 is 23.4 Å². The van der Waals surface area contributed by atoms with Crippen molar-refractivity contribution >= 4 is 28.4 Å². The van der Waals surface area contributed by atoms with Gasteiger partial charge in [-0.05, 0) is 31.5 Å². The predicted octanol–water partition coefficient (Wildman–Crippen LogP) is 4.17. The average Bonchev–Trinajstić information content (AvgIpc) is 3.43. The summed E-state index contributed by atoms with van der Waals surface area (Å²) in [5, 5.41) is 9.00. The molecule has 8 nitrogen and oxygen atoms in total. The van der Waals surface area contributed by atoms with Crippen LogP contribution >= 0.6 is 11.3 Å². The second-order valence-corrected chi connectivity index (χ2v) is 8.95. The summed E-state index contributed by atoms with van der Waals surface area (Å²) in [5.41, 5.74) is 0.490. The van der Waals surface area contributed by atoms with Crippen molar-refractivity contribution in [3.63, 3.8) is 0 Å². The molecule has 0 bridgehead atoms. The Morgan fingerprint density at radius 1 is 1.00 bits per heavy atom. The molecule has 2 aromatic carbocycles. The maximum atomic E-state index is 13.3. The first-order valence-corrected chi connectivity index (χ1v) is 12.2. The van der Waals surface area contributed by atoms with Gasteiger partial charge in [-0.2, -0.15) is 0 Å².